The van der Waals surface area contributed by atoms with Gasteiger partial charge in [0.1, 0.15) is 12.4 Å². The molecule has 0 heterocycles. The number of nitrogens with zero attached hydrogens (tertiary/aromatic N) is 1. The van der Waals surface area contributed by atoms with E-state index in [0.29, 0.717) is 13.0 Å². The summed E-state index contributed by atoms with van der Waals surface area (Å²) in [5, 5.41) is 2.77. The van der Waals surface area contributed by atoms with E-state index in [1.165, 1.54) is 0 Å². The molecule has 0 saturated carbocycles. The molecule has 1 aromatic carbocycles. The van der Waals surface area contributed by atoms with Crippen molar-refractivity contribution in [2.24, 2.45) is 5.73 Å². The number of hydrogen-bond donors (Lipinski definition) is 2. The Labute approximate surface area is 114 Å². The van der Waals surface area contributed by atoms with E-state index in [-0.39, 0.29) is 5.91 Å². The van der Waals surface area contributed by atoms with Crippen molar-refractivity contribution >= 4 is 11.6 Å². The third kappa shape index (κ3) is 5.72. The molecule has 0 aromatic heterocycles. The molecule has 106 valence electrons. The Morgan fingerprint density at radius 1 is 1.37 bits per heavy atom. The number of carbonyl (C=O) groups is 1. The van der Waals surface area contributed by atoms with Gasteiger partial charge in [-0.3, -0.25) is 4.79 Å². The Morgan fingerprint density at radius 2 is 2.00 bits per heavy atom. The Balaban J connectivity index is 2.45. The predicted molar refractivity (Wildman–Crippen MR) is 77.4 cm³/mol. The molecule has 0 aliphatic carbocycles. The fraction of sp³-hybridized carbons (Fsp3) is 0.500. The summed E-state index contributed by atoms with van der Waals surface area (Å²) in [6.45, 7) is 3.38. The van der Waals surface area contributed by atoms with Gasteiger partial charge in [-0.05, 0) is 44.8 Å². The van der Waals surface area contributed by atoms with Crippen LogP contribution in [0.25, 0.3) is 0 Å². The van der Waals surface area contributed by atoms with Crippen molar-refractivity contribution in [3.63, 3.8) is 0 Å². The van der Waals surface area contributed by atoms with Crippen molar-refractivity contribution < 1.29 is 9.53 Å². The first-order valence-corrected chi connectivity index (χ1v) is 6.47. The van der Waals surface area contributed by atoms with Crippen LogP contribution in [0.1, 0.15) is 13.3 Å². The fourth-order valence-corrected chi connectivity index (χ4v) is 1.40. The zero-order valence-electron chi connectivity index (χ0n) is 11.8. The molecule has 0 aliphatic heterocycles. The van der Waals surface area contributed by atoms with Crippen molar-refractivity contribution in [3.8, 4) is 5.75 Å². The molecule has 0 radical (unpaired) electrons. The number of benzene rings is 1. The summed E-state index contributed by atoms with van der Waals surface area (Å²) >= 11 is 0. The first kappa shape index (κ1) is 15.5. The predicted octanol–water partition coefficient (Wildman–Crippen LogP) is 1.30. The highest BCUT2D eigenvalue weighted by Crippen LogP contribution is 2.15. The average Bonchev–Trinajstić information content (AvgIpc) is 2.39. The molecular formula is C14H23N3O2. The zero-order chi connectivity index (χ0) is 14.3. The van der Waals surface area contributed by atoms with Crippen LogP contribution in [0.15, 0.2) is 24.3 Å². The zero-order valence-corrected chi connectivity index (χ0v) is 11.8. The van der Waals surface area contributed by atoms with Gasteiger partial charge in [-0.15, -0.1) is 0 Å². The van der Waals surface area contributed by atoms with Crippen molar-refractivity contribution in [2.45, 2.75) is 19.4 Å². The SMILES string of the molecule is CC[C@H](N)C(=O)Nc1ccc(OCCN(C)C)cc1. The third-order valence-electron chi connectivity index (χ3n) is 2.71. The molecule has 1 atom stereocenters. The summed E-state index contributed by atoms with van der Waals surface area (Å²) in [5.41, 5.74) is 6.38. The second-order valence-electron chi connectivity index (χ2n) is 4.68. The lowest BCUT2D eigenvalue weighted by molar-refractivity contribution is -0.117. The Morgan fingerprint density at radius 3 is 2.53 bits per heavy atom. The molecule has 3 N–H and O–H groups in total. The second kappa shape index (κ2) is 7.76. The molecule has 0 saturated heterocycles. The number of carbonyl (C=O) groups excluding carboxylic acids is 1. The number of ether oxygens (including phenoxy) is 1. The van der Waals surface area contributed by atoms with E-state index >= 15 is 0 Å². The standard InChI is InChI=1S/C14H23N3O2/c1-4-13(15)14(18)16-11-5-7-12(8-6-11)19-10-9-17(2)3/h5-8,13H,4,9-10,15H2,1-3H3,(H,16,18)/t13-/m0/s1. The Hall–Kier alpha value is -1.59. The van der Waals surface area contributed by atoms with Crippen LogP contribution in [0.2, 0.25) is 0 Å². The van der Waals surface area contributed by atoms with Gasteiger partial charge in [-0.25, -0.2) is 0 Å². The minimum Gasteiger partial charge on any atom is -0.492 e. The van der Waals surface area contributed by atoms with Crippen LogP contribution >= 0.6 is 0 Å². The van der Waals surface area contributed by atoms with Gasteiger partial charge in [0.2, 0.25) is 5.91 Å². The van der Waals surface area contributed by atoms with Gasteiger partial charge in [-0.2, -0.15) is 0 Å². The van der Waals surface area contributed by atoms with E-state index in [4.69, 9.17) is 10.5 Å². The molecule has 0 spiro atoms. The summed E-state index contributed by atoms with van der Waals surface area (Å²) in [6, 6.07) is 6.83. The van der Waals surface area contributed by atoms with E-state index in [1.54, 1.807) is 0 Å². The van der Waals surface area contributed by atoms with Crippen LogP contribution in [0.3, 0.4) is 0 Å². The minimum absolute atomic E-state index is 0.163. The number of rotatable bonds is 7. The second-order valence-corrected chi connectivity index (χ2v) is 4.68. The normalized spacial score (nSPS) is 12.3. The van der Waals surface area contributed by atoms with Crippen LogP contribution in [0.4, 0.5) is 5.69 Å². The van der Waals surface area contributed by atoms with E-state index in [2.05, 4.69) is 10.2 Å². The van der Waals surface area contributed by atoms with E-state index in [9.17, 15) is 4.79 Å². The molecule has 1 aromatic rings. The van der Waals surface area contributed by atoms with Gasteiger partial charge >= 0.3 is 0 Å². The molecule has 19 heavy (non-hydrogen) atoms. The van der Waals surface area contributed by atoms with Crippen molar-refractivity contribution in [1.29, 1.82) is 0 Å². The summed E-state index contributed by atoms with van der Waals surface area (Å²) < 4.78 is 5.57. The van der Waals surface area contributed by atoms with Crippen LogP contribution in [-0.4, -0.2) is 44.1 Å². The maximum absolute atomic E-state index is 11.6. The molecule has 0 bridgehead atoms. The lowest BCUT2D eigenvalue weighted by atomic mass is 10.2. The molecule has 0 aliphatic rings. The van der Waals surface area contributed by atoms with Gasteiger partial charge in [0.05, 0.1) is 6.04 Å². The summed E-state index contributed by atoms with van der Waals surface area (Å²) in [4.78, 5) is 13.7. The van der Waals surface area contributed by atoms with Crippen LogP contribution < -0.4 is 15.8 Å². The fourth-order valence-electron chi connectivity index (χ4n) is 1.40. The molecule has 1 rings (SSSR count). The maximum atomic E-state index is 11.6. The summed E-state index contributed by atoms with van der Waals surface area (Å²) in [5.74, 6) is 0.628. The van der Waals surface area contributed by atoms with Crippen molar-refractivity contribution in [3.05, 3.63) is 24.3 Å². The van der Waals surface area contributed by atoms with Crippen LogP contribution in [0.5, 0.6) is 5.75 Å². The van der Waals surface area contributed by atoms with Gasteiger partial charge in [-0.1, -0.05) is 6.92 Å². The molecule has 5 nitrogen and oxygen atoms in total. The Kier molecular flexibility index (Phi) is 6.32. The van der Waals surface area contributed by atoms with E-state index in [0.717, 1.165) is 18.0 Å². The molecular weight excluding hydrogens is 242 g/mol. The van der Waals surface area contributed by atoms with Crippen molar-refractivity contribution in [1.82, 2.24) is 4.90 Å². The maximum Gasteiger partial charge on any atom is 0.241 e. The lowest BCUT2D eigenvalue weighted by Crippen LogP contribution is -2.34. The number of nitrogens with one attached hydrogen (secondary N) is 1. The van der Waals surface area contributed by atoms with Crippen LogP contribution in [0, 0.1) is 0 Å². The monoisotopic (exact) mass is 265 g/mol. The number of likely N-dealkylation sites (N-methyl/N-ethyl adjacent to an activating group) is 1. The van der Waals surface area contributed by atoms with Gasteiger partial charge in [0, 0.05) is 12.2 Å². The Bertz CT molecular complexity index is 390. The molecule has 1 amide bonds. The summed E-state index contributed by atoms with van der Waals surface area (Å²) in [7, 11) is 4.00. The first-order chi connectivity index (χ1) is 9.02. The van der Waals surface area contributed by atoms with Gasteiger partial charge in [0.25, 0.3) is 0 Å². The number of amides is 1. The van der Waals surface area contributed by atoms with Crippen molar-refractivity contribution in [2.75, 3.05) is 32.6 Å². The quantitative estimate of drug-likeness (QED) is 0.780. The van der Waals surface area contributed by atoms with Gasteiger partial charge in [0.15, 0.2) is 0 Å². The third-order valence-corrected chi connectivity index (χ3v) is 2.71. The average molecular weight is 265 g/mol. The largest absolute Gasteiger partial charge is 0.492 e. The number of hydrogen-bond acceptors (Lipinski definition) is 4. The smallest absolute Gasteiger partial charge is 0.241 e. The van der Waals surface area contributed by atoms with E-state index in [1.807, 2.05) is 45.3 Å². The van der Waals surface area contributed by atoms with Gasteiger partial charge < -0.3 is 20.7 Å². The highest BCUT2D eigenvalue weighted by Gasteiger charge is 2.10. The van der Waals surface area contributed by atoms with E-state index < -0.39 is 6.04 Å². The summed E-state index contributed by atoms with van der Waals surface area (Å²) in [6.07, 6.45) is 0.623. The minimum atomic E-state index is -0.462. The molecule has 0 unspecified atom stereocenters. The highest BCUT2D eigenvalue weighted by molar-refractivity contribution is 5.94. The van der Waals surface area contributed by atoms with Crippen LogP contribution in [-0.2, 0) is 4.79 Å². The molecule has 5 heteroatoms. The topological polar surface area (TPSA) is 67.6 Å². The molecule has 0 fully saturated rings. The first-order valence-electron chi connectivity index (χ1n) is 6.47. The lowest BCUT2D eigenvalue weighted by Gasteiger charge is -2.12. The highest BCUT2D eigenvalue weighted by atomic mass is 16.5. The number of anilines is 1. The number of nitrogens with two attached hydrogens (primary N) is 1.